The molecule has 1 aromatic rings. The van der Waals surface area contributed by atoms with Crippen molar-refractivity contribution in [3.63, 3.8) is 0 Å². The largest absolute Gasteiger partial charge is 0.480 e. The first-order valence-electron chi connectivity index (χ1n) is 9.78. The van der Waals surface area contributed by atoms with Crippen LogP contribution in [0.25, 0.3) is 6.08 Å². The van der Waals surface area contributed by atoms with Gasteiger partial charge in [0.25, 0.3) is 5.91 Å². The van der Waals surface area contributed by atoms with Gasteiger partial charge < -0.3 is 14.4 Å². The quantitative estimate of drug-likeness (QED) is 0.379. The smallest absolute Gasteiger partial charge is 0.326 e. The van der Waals surface area contributed by atoms with Gasteiger partial charge in [0, 0.05) is 25.6 Å². The summed E-state index contributed by atoms with van der Waals surface area (Å²) in [5, 5.41) is 9.28. The minimum Gasteiger partial charge on any atom is -0.480 e. The van der Waals surface area contributed by atoms with Gasteiger partial charge in [-0.2, -0.15) is 0 Å². The van der Waals surface area contributed by atoms with E-state index < -0.39 is 12.0 Å². The van der Waals surface area contributed by atoms with E-state index in [1.54, 1.807) is 29.4 Å². The van der Waals surface area contributed by atoms with Crippen molar-refractivity contribution in [3.8, 4) is 0 Å². The van der Waals surface area contributed by atoms with Gasteiger partial charge in [0.2, 0.25) is 5.91 Å². The van der Waals surface area contributed by atoms with E-state index in [0.29, 0.717) is 47.3 Å². The molecule has 1 unspecified atom stereocenters. The number of thiocarbonyl (C=S) groups is 1. The minimum absolute atomic E-state index is 0.0934. The van der Waals surface area contributed by atoms with Crippen LogP contribution in [0.3, 0.4) is 0 Å². The summed E-state index contributed by atoms with van der Waals surface area (Å²) in [6, 6.07) is 2.85. The van der Waals surface area contributed by atoms with Gasteiger partial charge in [-0.25, -0.2) is 4.79 Å². The molecule has 0 radical (unpaired) electrons. The molecule has 2 saturated heterocycles. The number of carbonyl (C=O) groups excluding carboxylic acids is 2. The third kappa shape index (κ3) is 5.48. The fourth-order valence-electron chi connectivity index (χ4n) is 3.55. The zero-order valence-electron chi connectivity index (χ0n) is 16.0. The van der Waals surface area contributed by atoms with Crippen LogP contribution >= 0.6 is 24.0 Å². The van der Waals surface area contributed by atoms with E-state index in [9.17, 15) is 19.5 Å². The highest BCUT2D eigenvalue weighted by molar-refractivity contribution is 8.26. The molecule has 0 spiro atoms. The van der Waals surface area contributed by atoms with Gasteiger partial charge in [0.05, 0.1) is 11.2 Å². The van der Waals surface area contributed by atoms with E-state index in [-0.39, 0.29) is 11.8 Å². The second-order valence-electron chi connectivity index (χ2n) is 7.10. The Labute approximate surface area is 179 Å². The van der Waals surface area contributed by atoms with Gasteiger partial charge in [0.15, 0.2) is 0 Å². The molecule has 0 aliphatic carbocycles. The molecule has 2 amide bonds. The van der Waals surface area contributed by atoms with E-state index >= 15 is 0 Å². The second kappa shape index (κ2) is 10.1. The number of likely N-dealkylation sites (tertiary alicyclic amines) is 1. The number of aliphatic carboxylic acids is 1. The zero-order valence-corrected chi connectivity index (χ0v) is 17.7. The van der Waals surface area contributed by atoms with Crippen molar-refractivity contribution in [1.29, 1.82) is 0 Å². The van der Waals surface area contributed by atoms with E-state index in [0.717, 1.165) is 25.7 Å². The Balaban J connectivity index is 1.41. The predicted molar refractivity (Wildman–Crippen MR) is 114 cm³/mol. The third-order valence-electron chi connectivity index (χ3n) is 5.07. The number of nitrogens with zero attached hydrogens (tertiary/aromatic N) is 2. The monoisotopic (exact) mass is 436 g/mol. The van der Waals surface area contributed by atoms with Gasteiger partial charge in [-0.1, -0.05) is 30.4 Å². The number of carbonyl (C=O) groups is 3. The molecule has 0 bridgehead atoms. The molecular weight excluding hydrogens is 412 g/mol. The number of hydrogen-bond acceptors (Lipinski definition) is 6. The van der Waals surface area contributed by atoms with Crippen LogP contribution in [0.2, 0.25) is 0 Å². The minimum atomic E-state index is -0.921. The van der Waals surface area contributed by atoms with Crippen LogP contribution in [-0.2, 0) is 14.4 Å². The molecule has 2 aliphatic rings. The van der Waals surface area contributed by atoms with Gasteiger partial charge >= 0.3 is 5.97 Å². The zero-order chi connectivity index (χ0) is 20.8. The van der Waals surface area contributed by atoms with E-state index in [4.69, 9.17) is 16.6 Å². The van der Waals surface area contributed by atoms with Crippen molar-refractivity contribution in [3.05, 3.63) is 29.1 Å². The van der Waals surface area contributed by atoms with Crippen molar-refractivity contribution < 1.29 is 23.9 Å². The summed E-state index contributed by atoms with van der Waals surface area (Å²) in [6.45, 7) is 1.03. The molecule has 7 nitrogen and oxygen atoms in total. The maximum absolute atomic E-state index is 12.5. The molecular formula is C20H24N2O5S2. The van der Waals surface area contributed by atoms with Crippen molar-refractivity contribution >= 4 is 52.2 Å². The number of amides is 2. The molecule has 156 valence electrons. The number of carboxylic acid groups (broad SMARTS) is 1. The van der Waals surface area contributed by atoms with E-state index in [2.05, 4.69) is 0 Å². The van der Waals surface area contributed by atoms with Crippen LogP contribution in [0.5, 0.6) is 0 Å². The standard InChI is InChI=1S/C20H24N2O5S2/c23-17(21-10-5-3-8-15(21)19(25)26)9-2-1-4-11-22-18(24)16(29-20(22)28)13-14-7-6-12-27-14/h6-7,12-13,15H,1-5,8-11H2,(H,25,26). The van der Waals surface area contributed by atoms with Crippen LogP contribution in [-0.4, -0.2) is 56.1 Å². The maximum Gasteiger partial charge on any atom is 0.326 e. The van der Waals surface area contributed by atoms with Gasteiger partial charge in [0.1, 0.15) is 16.1 Å². The van der Waals surface area contributed by atoms with Crippen LogP contribution < -0.4 is 0 Å². The summed E-state index contributed by atoms with van der Waals surface area (Å²) in [7, 11) is 0. The second-order valence-corrected chi connectivity index (χ2v) is 8.77. The topological polar surface area (TPSA) is 91.1 Å². The first kappa shape index (κ1) is 21.6. The molecule has 1 aromatic heterocycles. The van der Waals surface area contributed by atoms with Crippen LogP contribution in [0, 0.1) is 0 Å². The fraction of sp³-hybridized carbons (Fsp3) is 0.500. The van der Waals surface area contributed by atoms with Crippen LogP contribution in [0.15, 0.2) is 27.7 Å². The normalized spacial score (nSPS) is 21.2. The van der Waals surface area contributed by atoms with Gasteiger partial charge in [-0.15, -0.1) is 0 Å². The molecule has 0 aromatic carbocycles. The lowest BCUT2D eigenvalue weighted by molar-refractivity contribution is -0.152. The Hall–Kier alpha value is -2.13. The van der Waals surface area contributed by atoms with Crippen LogP contribution in [0.4, 0.5) is 0 Å². The van der Waals surface area contributed by atoms with Crippen molar-refractivity contribution in [2.75, 3.05) is 13.1 Å². The van der Waals surface area contributed by atoms with Crippen LogP contribution in [0.1, 0.15) is 50.7 Å². The summed E-state index contributed by atoms with van der Waals surface area (Å²) in [6.07, 6.45) is 7.97. The maximum atomic E-state index is 12.5. The number of rotatable bonds is 8. The average molecular weight is 437 g/mol. The molecule has 1 N–H and O–H groups in total. The Bertz CT molecular complexity index is 806. The highest BCUT2D eigenvalue weighted by atomic mass is 32.2. The molecule has 9 heteroatoms. The fourth-order valence-corrected chi connectivity index (χ4v) is 4.84. The van der Waals surface area contributed by atoms with Crippen molar-refractivity contribution in [1.82, 2.24) is 9.80 Å². The highest BCUT2D eigenvalue weighted by Gasteiger charge is 2.32. The lowest BCUT2D eigenvalue weighted by Crippen LogP contribution is -2.47. The number of furan rings is 1. The predicted octanol–water partition coefficient (Wildman–Crippen LogP) is 3.51. The van der Waals surface area contributed by atoms with E-state index in [1.165, 1.54) is 16.7 Å². The summed E-state index contributed by atoms with van der Waals surface area (Å²) >= 11 is 6.58. The molecule has 2 fully saturated rings. The lowest BCUT2D eigenvalue weighted by Gasteiger charge is -2.33. The molecule has 0 saturated carbocycles. The number of carboxylic acids is 1. The number of thioether (sulfide) groups is 1. The number of hydrogen-bond donors (Lipinski definition) is 1. The molecule has 3 rings (SSSR count). The third-order valence-corrected chi connectivity index (χ3v) is 6.45. The lowest BCUT2D eigenvalue weighted by atomic mass is 10.0. The Morgan fingerprint density at radius 1 is 1.31 bits per heavy atom. The summed E-state index contributed by atoms with van der Waals surface area (Å²) in [5.74, 6) is -0.523. The molecule has 2 aliphatic heterocycles. The molecule has 29 heavy (non-hydrogen) atoms. The van der Waals surface area contributed by atoms with Crippen molar-refractivity contribution in [2.24, 2.45) is 0 Å². The first-order chi connectivity index (χ1) is 14.0. The molecule has 1 atom stereocenters. The summed E-state index contributed by atoms with van der Waals surface area (Å²) < 4.78 is 5.77. The van der Waals surface area contributed by atoms with E-state index in [1.807, 2.05) is 0 Å². The van der Waals surface area contributed by atoms with Gasteiger partial charge in [-0.05, 0) is 44.2 Å². The molecule has 3 heterocycles. The number of piperidine rings is 1. The average Bonchev–Trinajstić information content (AvgIpc) is 3.31. The van der Waals surface area contributed by atoms with Gasteiger partial charge in [-0.3, -0.25) is 14.5 Å². The Morgan fingerprint density at radius 2 is 2.14 bits per heavy atom. The Kier molecular flexibility index (Phi) is 7.49. The summed E-state index contributed by atoms with van der Waals surface area (Å²) in [5.41, 5.74) is 0. The first-order valence-corrected chi connectivity index (χ1v) is 11.0. The SMILES string of the molecule is O=C(O)C1CCCCN1C(=O)CCCCCN1C(=O)C(=Cc2ccco2)SC1=S. The summed E-state index contributed by atoms with van der Waals surface area (Å²) in [4.78, 5) is 39.9. The van der Waals surface area contributed by atoms with Crippen molar-refractivity contribution in [2.45, 2.75) is 51.0 Å². The number of unbranched alkanes of at least 4 members (excludes halogenated alkanes) is 2. The highest BCUT2D eigenvalue weighted by Crippen LogP contribution is 2.32. The Morgan fingerprint density at radius 3 is 2.86 bits per heavy atom.